The third-order valence-electron chi connectivity index (χ3n) is 5.87. The second-order valence-electron chi connectivity index (χ2n) is 6.86. The van der Waals surface area contributed by atoms with Gasteiger partial charge in [-0.05, 0) is 42.9 Å². The molecule has 0 bridgehead atoms. The fourth-order valence-corrected chi connectivity index (χ4v) is 4.24. The van der Waals surface area contributed by atoms with Crippen LogP contribution in [0.1, 0.15) is 52.9 Å². The molecule has 0 aromatic rings. The molecule has 2 unspecified atom stereocenters. The number of ether oxygens (including phenoxy) is 1. The highest BCUT2D eigenvalue weighted by Crippen LogP contribution is 2.54. The molecule has 19 heavy (non-hydrogen) atoms. The molecule has 0 N–H and O–H groups in total. The third-order valence-corrected chi connectivity index (χ3v) is 5.87. The van der Waals surface area contributed by atoms with Crippen LogP contribution in [-0.2, 0) is 14.3 Å². The number of fused-ring (bicyclic) bond motifs is 1. The lowest BCUT2D eigenvalue weighted by atomic mass is 9.54. The van der Waals surface area contributed by atoms with Crippen LogP contribution in [0.25, 0.3) is 0 Å². The predicted octanol–water partition coefficient (Wildman–Crippen LogP) is 3.22. The summed E-state index contributed by atoms with van der Waals surface area (Å²) in [5.74, 6) is 1.24. The lowest BCUT2D eigenvalue weighted by molar-refractivity contribution is -0.149. The summed E-state index contributed by atoms with van der Waals surface area (Å²) in [6.07, 6.45) is 5.00. The summed E-state index contributed by atoms with van der Waals surface area (Å²) < 4.78 is 4.87. The van der Waals surface area contributed by atoms with Gasteiger partial charge >= 0.3 is 5.97 Å². The van der Waals surface area contributed by atoms with Crippen LogP contribution in [0.4, 0.5) is 0 Å². The van der Waals surface area contributed by atoms with Crippen LogP contribution in [-0.4, -0.2) is 18.9 Å². The first-order chi connectivity index (χ1) is 8.89. The smallest absolute Gasteiger partial charge is 0.308 e. The van der Waals surface area contributed by atoms with Gasteiger partial charge in [0, 0.05) is 12.3 Å². The van der Waals surface area contributed by atoms with Gasteiger partial charge in [-0.2, -0.15) is 0 Å². The Hall–Kier alpha value is -0.860. The number of carbonyl (C=O) groups excluding carboxylic acids is 2. The normalized spacial score (nSPS) is 40.4. The lowest BCUT2D eigenvalue weighted by Gasteiger charge is -2.50. The monoisotopic (exact) mass is 266 g/mol. The van der Waals surface area contributed by atoms with Crippen molar-refractivity contribution in [1.82, 2.24) is 0 Å². The van der Waals surface area contributed by atoms with Gasteiger partial charge in [-0.25, -0.2) is 0 Å². The third kappa shape index (κ3) is 2.56. The minimum atomic E-state index is -0.108. The minimum absolute atomic E-state index is 0.0428. The van der Waals surface area contributed by atoms with E-state index in [4.69, 9.17) is 4.74 Å². The van der Waals surface area contributed by atoms with E-state index in [0.29, 0.717) is 23.0 Å². The number of esters is 1. The molecule has 0 amide bonds. The molecular formula is C16H26O3. The summed E-state index contributed by atoms with van der Waals surface area (Å²) in [6.45, 7) is 6.38. The highest BCUT2D eigenvalue weighted by Gasteiger charge is 2.48. The van der Waals surface area contributed by atoms with Crippen molar-refractivity contribution >= 4 is 11.8 Å². The van der Waals surface area contributed by atoms with E-state index in [9.17, 15) is 9.59 Å². The van der Waals surface area contributed by atoms with Crippen LogP contribution < -0.4 is 0 Å². The standard InChI is InChI=1S/C16H26O3/c1-10(15(18)19-4)12-5-7-16(3)8-6-14(17)11(2)13(16)9-12/h10-13H,5-9H2,1-4H3/t10?,11-,12?,13-,16+/m1/s1. The van der Waals surface area contributed by atoms with Gasteiger partial charge in [0.15, 0.2) is 0 Å². The largest absolute Gasteiger partial charge is 0.469 e. The number of hydrogen-bond donors (Lipinski definition) is 0. The fraction of sp³-hybridized carbons (Fsp3) is 0.875. The van der Waals surface area contributed by atoms with Crippen molar-refractivity contribution in [2.75, 3.05) is 7.11 Å². The van der Waals surface area contributed by atoms with Crippen LogP contribution in [0.15, 0.2) is 0 Å². The van der Waals surface area contributed by atoms with E-state index in [2.05, 4.69) is 13.8 Å². The molecule has 5 atom stereocenters. The summed E-state index contributed by atoms with van der Waals surface area (Å²) in [6, 6.07) is 0. The molecule has 0 aliphatic heterocycles. The topological polar surface area (TPSA) is 43.4 Å². The minimum Gasteiger partial charge on any atom is -0.469 e. The average molecular weight is 266 g/mol. The Morgan fingerprint density at radius 3 is 2.74 bits per heavy atom. The lowest BCUT2D eigenvalue weighted by Crippen LogP contribution is -2.46. The second kappa shape index (κ2) is 5.26. The van der Waals surface area contributed by atoms with Crippen molar-refractivity contribution in [3.63, 3.8) is 0 Å². The van der Waals surface area contributed by atoms with Crippen molar-refractivity contribution in [1.29, 1.82) is 0 Å². The fourth-order valence-electron chi connectivity index (χ4n) is 4.24. The molecule has 0 aromatic heterocycles. The molecule has 2 saturated carbocycles. The second-order valence-corrected chi connectivity index (χ2v) is 6.86. The number of methoxy groups -OCH3 is 1. The zero-order valence-corrected chi connectivity index (χ0v) is 12.6. The van der Waals surface area contributed by atoms with E-state index in [1.807, 2.05) is 6.92 Å². The Labute approximate surface area is 116 Å². The molecule has 0 heterocycles. The van der Waals surface area contributed by atoms with Crippen LogP contribution in [0.2, 0.25) is 0 Å². The maximum Gasteiger partial charge on any atom is 0.308 e. The van der Waals surface area contributed by atoms with Crippen molar-refractivity contribution in [3.05, 3.63) is 0 Å². The first-order valence-electron chi connectivity index (χ1n) is 7.49. The van der Waals surface area contributed by atoms with Gasteiger partial charge in [0.1, 0.15) is 5.78 Å². The molecular weight excluding hydrogens is 240 g/mol. The average Bonchev–Trinajstić information content (AvgIpc) is 2.41. The molecule has 0 spiro atoms. The number of Topliss-reactive ketones (excluding diaryl/α,β-unsaturated/α-hetero) is 1. The van der Waals surface area contributed by atoms with E-state index in [-0.39, 0.29) is 17.8 Å². The van der Waals surface area contributed by atoms with E-state index in [1.54, 1.807) is 0 Å². The van der Waals surface area contributed by atoms with Crippen LogP contribution in [0.5, 0.6) is 0 Å². The number of ketones is 1. The van der Waals surface area contributed by atoms with E-state index < -0.39 is 0 Å². The maximum atomic E-state index is 12.0. The maximum absolute atomic E-state index is 12.0. The Kier molecular flexibility index (Phi) is 4.03. The van der Waals surface area contributed by atoms with Crippen molar-refractivity contribution < 1.29 is 14.3 Å². The van der Waals surface area contributed by atoms with E-state index in [1.165, 1.54) is 7.11 Å². The molecule has 2 rings (SSSR count). The van der Waals surface area contributed by atoms with Gasteiger partial charge in [-0.3, -0.25) is 9.59 Å². The number of hydrogen-bond acceptors (Lipinski definition) is 3. The van der Waals surface area contributed by atoms with Crippen molar-refractivity contribution in [2.24, 2.45) is 29.1 Å². The zero-order valence-electron chi connectivity index (χ0n) is 12.6. The molecule has 3 nitrogen and oxygen atoms in total. The highest BCUT2D eigenvalue weighted by molar-refractivity contribution is 5.82. The Morgan fingerprint density at radius 1 is 1.42 bits per heavy atom. The Bertz CT molecular complexity index is 376. The Morgan fingerprint density at radius 2 is 2.11 bits per heavy atom. The molecule has 0 radical (unpaired) electrons. The molecule has 2 fully saturated rings. The zero-order chi connectivity index (χ0) is 14.2. The molecule has 0 saturated heterocycles. The first kappa shape index (κ1) is 14.5. The van der Waals surface area contributed by atoms with Crippen LogP contribution >= 0.6 is 0 Å². The number of rotatable bonds is 2. The van der Waals surface area contributed by atoms with Crippen LogP contribution in [0.3, 0.4) is 0 Å². The summed E-state index contributed by atoms with van der Waals surface area (Å²) >= 11 is 0. The van der Waals surface area contributed by atoms with Gasteiger partial charge in [-0.15, -0.1) is 0 Å². The quantitative estimate of drug-likeness (QED) is 0.721. The summed E-state index contributed by atoms with van der Waals surface area (Å²) in [4.78, 5) is 23.7. The summed E-state index contributed by atoms with van der Waals surface area (Å²) in [5.41, 5.74) is 0.305. The molecule has 108 valence electrons. The predicted molar refractivity (Wildman–Crippen MR) is 73.5 cm³/mol. The van der Waals surface area contributed by atoms with Gasteiger partial charge in [-0.1, -0.05) is 20.8 Å². The SMILES string of the molecule is COC(=O)C(C)C1CC[C@@]2(C)CCC(=O)[C@H](C)[C@H]2C1. The van der Waals surface area contributed by atoms with Gasteiger partial charge in [0.05, 0.1) is 13.0 Å². The summed E-state index contributed by atoms with van der Waals surface area (Å²) in [7, 11) is 1.46. The molecule has 3 heteroatoms. The van der Waals surface area contributed by atoms with E-state index in [0.717, 1.165) is 32.1 Å². The van der Waals surface area contributed by atoms with Crippen LogP contribution in [0, 0.1) is 29.1 Å². The van der Waals surface area contributed by atoms with Crippen molar-refractivity contribution in [2.45, 2.75) is 52.9 Å². The van der Waals surface area contributed by atoms with Gasteiger partial charge in [0.25, 0.3) is 0 Å². The number of carbonyl (C=O) groups is 2. The highest BCUT2D eigenvalue weighted by atomic mass is 16.5. The van der Waals surface area contributed by atoms with E-state index >= 15 is 0 Å². The Balaban J connectivity index is 2.12. The first-order valence-corrected chi connectivity index (χ1v) is 7.49. The van der Waals surface area contributed by atoms with Gasteiger partial charge < -0.3 is 4.74 Å². The summed E-state index contributed by atoms with van der Waals surface area (Å²) in [5, 5.41) is 0. The molecule has 2 aliphatic carbocycles. The molecule has 0 aromatic carbocycles. The van der Waals surface area contributed by atoms with Crippen molar-refractivity contribution in [3.8, 4) is 0 Å². The molecule has 2 aliphatic rings. The van der Waals surface area contributed by atoms with Gasteiger partial charge in [0.2, 0.25) is 0 Å².